The first kappa shape index (κ1) is 14.1. The second kappa shape index (κ2) is 6.19. The van der Waals surface area contributed by atoms with E-state index >= 15 is 0 Å². The minimum absolute atomic E-state index is 0.0320. The van der Waals surface area contributed by atoms with Crippen LogP contribution in [0.5, 0.6) is 5.75 Å². The summed E-state index contributed by atoms with van der Waals surface area (Å²) in [7, 11) is 3.42. The first-order valence-corrected chi connectivity index (χ1v) is 6.45. The Balaban J connectivity index is 2.15. The number of pyridine rings is 1. The van der Waals surface area contributed by atoms with Crippen LogP contribution in [0, 0.1) is 0 Å². The zero-order chi connectivity index (χ0) is 14.5. The number of carbonyl (C=O) groups excluding carboxylic acids is 1. The summed E-state index contributed by atoms with van der Waals surface area (Å²) in [5, 5.41) is 0. The second-order valence-corrected chi connectivity index (χ2v) is 4.58. The van der Waals surface area contributed by atoms with Gasteiger partial charge in [-0.2, -0.15) is 0 Å². The first-order valence-electron chi connectivity index (χ1n) is 6.45. The third-order valence-electron chi connectivity index (χ3n) is 3.38. The molecule has 0 saturated heterocycles. The summed E-state index contributed by atoms with van der Waals surface area (Å²) >= 11 is 0. The van der Waals surface area contributed by atoms with Crippen LogP contribution in [0.3, 0.4) is 0 Å². The van der Waals surface area contributed by atoms with E-state index in [4.69, 9.17) is 4.74 Å². The van der Waals surface area contributed by atoms with Gasteiger partial charge in [0.15, 0.2) is 0 Å². The number of hydrogen-bond acceptors (Lipinski definition) is 3. The summed E-state index contributed by atoms with van der Waals surface area (Å²) < 4.78 is 5.14. The SMILES string of the molecule is COc1ccc(C(C)N(C)C(=O)c2ccccn2)cc1. The molecule has 2 aromatic rings. The molecular weight excluding hydrogens is 252 g/mol. The van der Waals surface area contributed by atoms with E-state index in [0.717, 1.165) is 11.3 Å². The molecule has 0 saturated carbocycles. The van der Waals surface area contributed by atoms with Crippen molar-refractivity contribution in [3.05, 3.63) is 59.9 Å². The van der Waals surface area contributed by atoms with Crippen LogP contribution >= 0.6 is 0 Å². The van der Waals surface area contributed by atoms with Crippen LogP contribution in [0.25, 0.3) is 0 Å². The molecule has 0 N–H and O–H groups in total. The Hall–Kier alpha value is -2.36. The van der Waals surface area contributed by atoms with Crippen molar-refractivity contribution in [3.8, 4) is 5.75 Å². The van der Waals surface area contributed by atoms with Crippen molar-refractivity contribution in [2.45, 2.75) is 13.0 Å². The van der Waals surface area contributed by atoms with Crippen molar-refractivity contribution >= 4 is 5.91 Å². The van der Waals surface area contributed by atoms with Gasteiger partial charge in [0.1, 0.15) is 11.4 Å². The third kappa shape index (κ3) is 2.96. The molecule has 4 heteroatoms. The summed E-state index contributed by atoms with van der Waals surface area (Å²) in [6.45, 7) is 1.99. The molecule has 1 aromatic heterocycles. The van der Waals surface area contributed by atoms with Gasteiger partial charge < -0.3 is 9.64 Å². The molecule has 1 heterocycles. The molecule has 20 heavy (non-hydrogen) atoms. The lowest BCUT2D eigenvalue weighted by molar-refractivity contribution is 0.0736. The largest absolute Gasteiger partial charge is 0.497 e. The number of carbonyl (C=O) groups is 1. The Morgan fingerprint density at radius 3 is 2.45 bits per heavy atom. The van der Waals surface area contributed by atoms with E-state index in [-0.39, 0.29) is 11.9 Å². The topological polar surface area (TPSA) is 42.4 Å². The maximum atomic E-state index is 12.3. The van der Waals surface area contributed by atoms with Gasteiger partial charge in [0.2, 0.25) is 0 Å². The van der Waals surface area contributed by atoms with Crippen LogP contribution in [0.2, 0.25) is 0 Å². The average molecular weight is 270 g/mol. The number of methoxy groups -OCH3 is 1. The zero-order valence-corrected chi connectivity index (χ0v) is 11.9. The van der Waals surface area contributed by atoms with Gasteiger partial charge in [-0.1, -0.05) is 18.2 Å². The average Bonchev–Trinajstić information content (AvgIpc) is 2.53. The van der Waals surface area contributed by atoms with Crippen LogP contribution in [-0.2, 0) is 0 Å². The highest BCUT2D eigenvalue weighted by Crippen LogP contribution is 2.22. The van der Waals surface area contributed by atoms with Gasteiger partial charge >= 0.3 is 0 Å². The number of benzene rings is 1. The Morgan fingerprint density at radius 1 is 1.20 bits per heavy atom. The molecule has 1 aromatic carbocycles. The Morgan fingerprint density at radius 2 is 1.90 bits per heavy atom. The van der Waals surface area contributed by atoms with Gasteiger partial charge in [0.05, 0.1) is 13.2 Å². The number of hydrogen-bond donors (Lipinski definition) is 0. The molecule has 4 nitrogen and oxygen atoms in total. The smallest absolute Gasteiger partial charge is 0.272 e. The predicted octanol–water partition coefficient (Wildman–Crippen LogP) is 2.92. The fourth-order valence-electron chi connectivity index (χ4n) is 1.95. The highest BCUT2D eigenvalue weighted by atomic mass is 16.5. The lowest BCUT2D eigenvalue weighted by Crippen LogP contribution is -2.30. The maximum absolute atomic E-state index is 12.3. The molecular formula is C16H18N2O2. The van der Waals surface area contributed by atoms with Crippen molar-refractivity contribution in [1.82, 2.24) is 9.88 Å². The van der Waals surface area contributed by atoms with Gasteiger partial charge in [-0.3, -0.25) is 9.78 Å². The molecule has 0 bridgehead atoms. The van der Waals surface area contributed by atoms with Gasteiger partial charge in [0, 0.05) is 13.2 Å². The number of aromatic nitrogens is 1. The molecule has 1 atom stereocenters. The molecule has 0 aliphatic heterocycles. The fourth-order valence-corrected chi connectivity index (χ4v) is 1.95. The number of rotatable bonds is 4. The van der Waals surface area contributed by atoms with Gasteiger partial charge in [0.25, 0.3) is 5.91 Å². The summed E-state index contributed by atoms with van der Waals surface area (Å²) in [6.07, 6.45) is 1.62. The lowest BCUT2D eigenvalue weighted by Gasteiger charge is -2.25. The van der Waals surface area contributed by atoms with Gasteiger partial charge in [-0.15, -0.1) is 0 Å². The highest BCUT2D eigenvalue weighted by Gasteiger charge is 2.19. The Labute approximate surface area is 119 Å². The molecule has 0 radical (unpaired) electrons. The number of nitrogens with zero attached hydrogens (tertiary/aromatic N) is 2. The first-order chi connectivity index (χ1) is 9.63. The number of amides is 1. The van der Waals surface area contributed by atoms with Gasteiger partial charge in [-0.25, -0.2) is 0 Å². The van der Waals surface area contributed by atoms with E-state index in [1.807, 2.05) is 37.3 Å². The molecule has 1 unspecified atom stereocenters. The summed E-state index contributed by atoms with van der Waals surface area (Å²) in [4.78, 5) is 18.1. The predicted molar refractivity (Wildman–Crippen MR) is 77.7 cm³/mol. The lowest BCUT2D eigenvalue weighted by atomic mass is 10.1. The molecule has 0 fully saturated rings. The summed E-state index contributed by atoms with van der Waals surface area (Å²) in [5.41, 5.74) is 1.51. The van der Waals surface area contributed by atoms with E-state index in [1.54, 1.807) is 37.4 Å². The quantitative estimate of drug-likeness (QED) is 0.858. The summed E-state index contributed by atoms with van der Waals surface area (Å²) in [6, 6.07) is 13.0. The molecule has 104 valence electrons. The molecule has 2 rings (SSSR count). The number of ether oxygens (including phenoxy) is 1. The van der Waals surface area contributed by atoms with Crippen molar-refractivity contribution in [3.63, 3.8) is 0 Å². The van der Waals surface area contributed by atoms with E-state index in [2.05, 4.69) is 4.98 Å². The van der Waals surface area contributed by atoms with Crippen LogP contribution < -0.4 is 4.74 Å². The molecule has 1 amide bonds. The summed E-state index contributed by atoms with van der Waals surface area (Å²) in [5.74, 6) is 0.716. The molecule has 0 aliphatic rings. The fraction of sp³-hybridized carbons (Fsp3) is 0.250. The van der Waals surface area contributed by atoms with Crippen molar-refractivity contribution < 1.29 is 9.53 Å². The van der Waals surface area contributed by atoms with Crippen LogP contribution in [0.1, 0.15) is 29.0 Å². The Bertz CT molecular complexity index is 567. The van der Waals surface area contributed by atoms with E-state index in [9.17, 15) is 4.79 Å². The van der Waals surface area contributed by atoms with Crippen molar-refractivity contribution in [2.75, 3.05) is 14.2 Å². The van der Waals surface area contributed by atoms with Crippen molar-refractivity contribution in [1.29, 1.82) is 0 Å². The minimum atomic E-state index is -0.0890. The zero-order valence-electron chi connectivity index (χ0n) is 11.9. The second-order valence-electron chi connectivity index (χ2n) is 4.58. The standard InChI is InChI=1S/C16H18N2O2/c1-12(13-7-9-14(20-3)10-8-13)18(2)16(19)15-6-4-5-11-17-15/h4-12H,1-3H3. The highest BCUT2D eigenvalue weighted by molar-refractivity contribution is 5.92. The van der Waals surface area contributed by atoms with Gasteiger partial charge in [-0.05, 0) is 36.8 Å². The van der Waals surface area contributed by atoms with E-state index < -0.39 is 0 Å². The van der Waals surface area contributed by atoms with Crippen molar-refractivity contribution in [2.24, 2.45) is 0 Å². The normalized spacial score (nSPS) is 11.8. The van der Waals surface area contributed by atoms with Crippen LogP contribution in [0.15, 0.2) is 48.7 Å². The third-order valence-corrected chi connectivity index (χ3v) is 3.38. The van der Waals surface area contributed by atoms with Crippen LogP contribution in [0.4, 0.5) is 0 Å². The molecule has 0 spiro atoms. The molecule has 0 aliphatic carbocycles. The monoisotopic (exact) mass is 270 g/mol. The van der Waals surface area contributed by atoms with Crippen LogP contribution in [-0.4, -0.2) is 29.9 Å². The van der Waals surface area contributed by atoms with E-state index in [1.165, 1.54) is 0 Å². The Kier molecular flexibility index (Phi) is 4.35. The minimum Gasteiger partial charge on any atom is -0.497 e. The maximum Gasteiger partial charge on any atom is 0.272 e. The van der Waals surface area contributed by atoms with E-state index in [0.29, 0.717) is 5.69 Å².